The van der Waals surface area contributed by atoms with Crippen molar-refractivity contribution >= 4 is 17.9 Å². The maximum absolute atomic E-state index is 12.9. The van der Waals surface area contributed by atoms with Gasteiger partial charge in [0.25, 0.3) is 0 Å². The van der Waals surface area contributed by atoms with Gasteiger partial charge in [0.05, 0.1) is 40.3 Å². The maximum Gasteiger partial charge on any atom is 0.306 e. The number of nitrogens with zero attached hydrogens (tertiary/aromatic N) is 1. The topological polar surface area (TPSA) is 111 Å². The van der Waals surface area contributed by atoms with Gasteiger partial charge < -0.3 is 33.3 Å². The molecule has 0 rings (SSSR count). The van der Waals surface area contributed by atoms with Gasteiger partial charge in [-0.15, -0.1) is 0 Å². The van der Waals surface area contributed by atoms with E-state index in [1.807, 2.05) is 21.1 Å². The van der Waals surface area contributed by atoms with Crippen LogP contribution in [0.3, 0.4) is 0 Å². The van der Waals surface area contributed by atoms with Crippen LogP contribution in [0.2, 0.25) is 0 Å². The molecule has 80 heavy (non-hydrogen) atoms. The number of hydrogen-bond donors (Lipinski definition) is 0. The number of allylic oxidation sites excluding steroid dienone is 4. The van der Waals surface area contributed by atoms with E-state index >= 15 is 0 Å². The molecule has 2 unspecified atom stereocenters. The van der Waals surface area contributed by atoms with E-state index in [9.17, 15) is 19.5 Å². The minimum Gasteiger partial charge on any atom is -0.545 e. The number of hydrogen-bond acceptors (Lipinski definition) is 8. The standard InChI is InChI=1S/C71H135NO8/c1-6-8-10-12-14-16-18-20-22-23-24-25-26-27-28-29-30-31-32-33-34-35-36-37-38-39-40-41-42-43-44-45-46-47-48-50-52-54-56-58-60-62-69(74)80-67(66-79-71(70(75)76)77-64-63-72(3,4)5)65-78-68(73)61-59-57-55-53-51-49-21-19-17-15-13-11-9-7-2/h18,20,23-24,67,71H,6-17,19,21-22,25-66H2,1-5H3/b20-18-,24-23-. The molecule has 0 bridgehead atoms. The van der Waals surface area contributed by atoms with Crippen molar-refractivity contribution in [2.24, 2.45) is 0 Å². The average Bonchev–Trinajstić information content (AvgIpc) is 3.43. The van der Waals surface area contributed by atoms with Crippen LogP contribution < -0.4 is 5.11 Å². The molecule has 0 aliphatic carbocycles. The molecule has 0 N–H and O–H groups in total. The Bertz CT molecular complexity index is 1360. The zero-order valence-electron chi connectivity index (χ0n) is 54.0. The molecular formula is C71H135NO8. The predicted octanol–water partition coefficient (Wildman–Crippen LogP) is 20.1. The normalized spacial score (nSPS) is 12.8. The van der Waals surface area contributed by atoms with Crippen molar-refractivity contribution in [3.05, 3.63) is 24.3 Å². The zero-order chi connectivity index (χ0) is 58.3. The highest BCUT2D eigenvalue weighted by molar-refractivity contribution is 5.70. The van der Waals surface area contributed by atoms with Crippen LogP contribution in [0, 0.1) is 0 Å². The fourth-order valence-corrected chi connectivity index (χ4v) is 10.6. The molecule has 9 nitrogen and oxygen atoms in total. The van der Waals surface area contributed by atoms with Crippen LogP contribution in [0.5, 0.6) is 0 Å². The van der Waals surface area contributed by atoms with Gasteiger partial charge in [-0.1, -0.05) is 321 Å². The summed E-state index contributed by atoms with van der Waals surface area (Å²) in [6, 6.07) is 0. The second-order valence-corrected chi connectivity index (χ2v) is 25.2. The number of carboxylic acids is 1. The van der Waals surface area contributed by atoms with Crippen molar-refractivity contribution in [1.82, 2.24) is 0 Å². The van der Waals surface area contributed by atoms with E-state index in [0.29, 0.717) is 17.4 Å². The van der Waals surface area contributed by atoms with Gasteiger partial charge in [0.15, 0.2) is 12.4 Å². The Morgan fingerprint density at radius 3 is 0.988 bits per heavy atom. The monoisotopic (exact) mass is 1130 g/mol. The Morgan fingerprint density at radius 2 is 0.675 bits per heavy atom. The molecule has 0 fully saturated rings. The van der Waals surface area contributed by atoms with Crippen molar-refractivity contribution in [2.45, 2.75) is 367 Å². The minimum atomic E-state index is -1.62. The molecule has 0 aromatic rings. The summed E-state index contributed by atoms with van der Waals surface area (Å²) in [5.74, 6) is -2.25. The molecule has 2 atom stereocenters. The molecule has 0 spiro atoms. The Morgan fingerprint density at radius 1 is 0.375 bits per heavy atom. The second kappa shape index (κ2) is 62.8. The maximum atomic E-state index is 12.9. The van der Waals surface area contributed by atoms with E-state index in [2.05, 4.69) is 38.2 Å². The number of carbonyl (C=O) groups excluding carboxylic acids is 3. The Labute approximate surface area is 497 Å². The Hall–Kier alpha value is -2.23. The molecule has 0 aromatic carbocycles. The van der Waals surface area contributed by atoms with Crippen molar-refractivity contribution in [3.63, 3.8) is 0 Å². The Balaban J connectivity index is 3.87. The van der Waals surface area contributed by atoms with Gasteiger partial charge in [-0.25, -0.2) is 0 Å². The fraction of sp³-hybridized carbons (Fsp3) is 0.901. The number of rotatable bonds is 66. The number of aliphatic carboxylic acids is 1. The first-order valence-electron chi connectivity index (χ1n) is 35.0. The quantitative estimate of drug-likeness (QED) is 0.0195. The third kappa shape index (κ3) is 63.4. The van der Waals surface area contributed by atoms with E-state index in [1.165, 1.54) is 283 Å². The summed E-state index contributed by atoms with van der Waals surface area (Å²) in [6.45, 7) is 4.79. The first-order chi connectivity index (χ1) is 39.1. The average molecular weight is 1130 g/mol. The van der Waals surface area contributed by atoms with E-state index in [1.54, 1.807) is 0 Å². The SMILES string of the molecule is CCCCCCC/C=C\C/C=C\CCCCCCCCCCCCCCCCCCCCCCCCCCCCCCCC(=O)OC(COC(=O)CCCCCCCCCCCCCCCC)COC(OCC[N+](C)(C)C)C(=O)[O-]. The van der Waals surface area contributed by atoms with Crippen molar-refractivity contribution < 1.29 is 42.9 Å². The van der Waals surface area contributed by atoms with Crippen LogP contribution >= 0.6 is 0 Å². The summed E-state index contributed by atoms with van der Waals surface area (Å²) < 4.78 is 22.8. The fourth-order valence-electron chi connectivity index (χ4n) is 10.6. The lowest BCUT2D eigenvalue weighted by Crippen LogP contribution is -2.44. The summed E-state index contributed by atoms with van der Waals surface area (Å²) in [5, 5.41) is 11.8. The van der Waals surface area contributed by atoms with Crippen molar-refractivity contribution in [1.29, 1.82) is 0 Å². The smallest absolute Gasteiger partial charge is 0.306 e. The number of ether oxygens (including phenoxy) is 4. The van der Waals surface area contributed by atoms with Gasteiger partial charge in [0.2, 0.25) is 0 Å². The van der Waals surface area contributed by atoms with E-state index in [4.69, 9.17) is 18.9 Å². The zero-order valence-corrected chi connectivity index (χ0v) is 54.0. The molecule has 0 aliphatic heterocycles. The van der Waals surface area contributed by atoms with Crippen LogP contribution in [-0.2, 0) is 33.3 Å². The third-order valence-corrected chi connectivity index (χ3v) is 16.0. The molecule has 0 amide bonds. The molecule has 9 heteroatoms. The summed E-state index contributed by atoms with van der Waals surface area (Å²) >= 11 is 0. The van der Waals surface area contributed by atoms with Gasteiger partial charge in [-0.05, 0) is 44.9 Å². The van der Waals surface area contributed by atoms with E-state index < -0.39 is 24.3 Å². The van der Waals surface area contributed by atoms with Crippen LogP contribution in [0.15, 0.2) is 24.3 Å². The predicted molar refractivity (Wildman–Crippen MR) is 339 cm³/mol. The summed E-state index contributed by atoms with van der Waals surface area (Å²) in [6.07, 6.45) is 74.3. The molecule has 0 aromatic heterocycles. The number of carbonyl (C=O) groups is 3. The van der Waals surface area contributed by atoms with Crippen LogP contribution in [-0.4, -0.2) is 82.3 Å². The van der Waals surface area contributed by atoms with Crippen LogP contribution in [0.4, 0.5) is 0 Å². The minimum absolute atomic E-state index is 0.152. The van der Waals surface area contributed by atoms with Gasteiger partial charge >= 0.3 is 11.9 Å². The lowest BCUT2D eigenvalue weighted by atomic mass is 10.0. The van der Waals surface area contributed by atoms with Gasteiger partial charge in [-0.2, -0.15) is 0 Å². The van der Waals surface area contributed by atoms with Crippen LogP contribution in [0.25, 0.3) is 0 Å². The van der Waals surface area contributed by atoms with Gasteiger partial charge in [0.1, 0.15) is 13.2 Å². The number of likely N-dealkylation sites (N-methyl/N-ethyl adjacent to an activating group) is 1. The summed E-state index contributed by atoms with van der Waals surface area (Å²) in [5.41, 5.74) is 0. The number of unbranched alkanes of at least 4 members (excludes halogenated alkanes) is 47. The Kier molecular flexibility index (Phi) is 61.1. The number of esters is 2. The van der Waals surface area contributed by atoms with Crippen LogP contribution in [0.1, 0.15) is 354 Å². The molecule has 0 saturated heterocycles. The highest BCUT2D eigenvalue weighted by atomic mass is 16.7. The molecule has 0 aliphatic rings. The van der Waals surface area contributed by atoms with E-state index in [-0.39, 0.29) is 32.2 Å². The molecular weight excluding hydrogens is 995 g/mol. The van der Waals surface area contributed by atoms with Gasteiger partial charge in [0, 0.05) is 12.8 Å². The lowest BCUT2D eigenvalue weighted by molar-refractivity contribution is -0.870. The second-order valence-electron chi connectivity index (χ2n) is 25.2. The first-order valence-corrected chi connectivity index (χ1v) is 35.0. The largest absolute Gasteiger partial charge is 0.545 e. The number of quaternary nitrogens is 1. The molecule has 0 heterocycles. The third-order valence-electron chi connectivity index (χ3n) is 16.0. The highest BCUT2D eigenvalue weighted by Gasteiger charge is 2.22. The van der Waals surface area contributed by atoms with Gasteiger partial charge in [-0.3, -0.25) is 9.59 Å². The van der Waals surface area contributed by atoms with Crippen molar-refractivity contribution in [3.8, 4) is 0 Å². The first kappa shape index (κ1) is 77.8. The molecule has 0 radical (unpaired) electrons. The van der Waals surface area contributed by atoms with E-state index in [0.717, 1.165) is 44.9 Å². The number of carboxylic acid groups (broad SMARTS) is 1. The highest BCUT2D eigenvalue weighted by Crippen LogP contribution is 2.19. The lowest BCUT2D eigenvalue weighted by Gasteiger charge is -2.26. The van der Waals surface area contributed by atoms with Crippen molar-refractivity contribution in [2.75, 3.05) is 47.5 Å². The summed E-state index contributed by atoms with van der Waals surface area (Å²) in [4.78, 5) is 37.3. The molecule has 0 saturated carbocycles. The summed E-state index contributed by atoms with van der Waals surface area (Å²) in [7, 11) is 5.94. The molecule has 472 valence electrons.